The van der Waals surface area contributed by atoms with Crippen LogP contribution in [0.15, 0.2) is 29.3 Å². The molecule has 2 aromatic rings. The molecule has 2 N–H and O–H groups in total. The Balaban J connectivity index is 2.02. The van der Waals surface area contributed by atoms with Gasteiger partial charge >= 0.3 is 0 Å². The minimum Gasteiger partial charge on any atom is -0.385 e. The first-order valence-electron chi connectivity index (χ1n) is 9.08. The first-order valence-corrected chi connectivity index (χ1v) is 9.08. The van der Waals surface area contributed by atoms with Gasteiger partial charge in [0.25, 0.3) is 0 Å². The van der Waals surface area contributed by atoms with E-state index in [9.17, 15) is 0 Å². The monoisotopic (exact) mass is 358 g/mol. The summed E-state index contributed by atoms with van der Waals surface area (Å²) in [5.74, 6) is 2.54. The van der Waals surface area contributed by atoms with E-state index in [4.69, 9.17) is 9.73 Å². The van der Waals surface area contributed by atoms with Gasteiger partial charge < -0.3 is 19.9 Å². The van der Waals surface area contributed by atoms with Crippen LogP contribution in [0, 0.1) is 6.92 Å². The van der Waals surface area contributed by atoms with Crippen molar-refractivity contribution < 1.29 is 4.74 Å². The van der Waals surface area contributed by atoms with E-state index in [0.717, 1.165) is 43.6 Å². The molecule has 0 unspecified atom stereocenters. The summed E-state index contributed by atoms with van der Waals surface area (Å²) >= 11 is 0. The molecule has 0 spiro atoms. The van der Waals surface area contributed by atoms with Gasteiger partial charge in [0, 0.05) is 27.3 Å². The Morgan fingerprint density at radius 1 is 1.19 bits per heavy atom. The molecule has 7 nitrogen and oxygen atoms in total. The topological polar surface area (TPSA) is 76.4 Å². The van der Waals surface area contributed by atoms with E-state index in [1.807, 2.05) is 18.5 Å². The third kappa shape index (κ3) is 5.84. The molecule has 0 saturated carbocycles. The molecule has 0 amide bonds. The summed E-state index contributed by atoms with van der Waals surface area (Å²) in [5, 5.41) is 15.0. The summed E-state index contributed by atoms with van der Waals surface area (Å²) in [6, 6.07) is 8.43. The minimum atomic E-state index is 0.572. The Morgan fingerprint density at radius 2 is 1.96 bits per heavy atom. The van der Waals surface area contributed by atoms with E-state index in [1.54, 1.807) is 7.11 Å². The second kappa shape index (κ2) is 10.6. The van der Waals surface area contributed by atoms with E-state index in [1.165, 1.54) is 11.1 Å². The molecule has 142 valence electrons. The molecule has 1 aromatic carbocycles. The van der Waals surface area contributed by atoms with E-state index in [0.29, 0.717) is 13.1 Å². The molecule has 0 bridgehead atoms. The van der Waals surface area contributed by atoms with Crippen molar-refractivity contribution in [2.24, 2.45) is 12.0 Å². The predicted octanol–water partition coefficient (Wildman–Crippen LogP) is 1.96. The van der Waals surface area contributed by atoms with Crippen LogP contribution in [-0.4, -0.2) is 41.0 Å². The molecule has 0 radical (unpaired) electrons. The normalized spacial score (nSPS) is 11.6. The average Bonchev–Trinajstić information content (AvgIpc) is 2.99. The molecule has 1 heterocycles. The maximum absolute atomic E-state index is 5.11. The Labute approximate surface area is 155 Å². The van der Waals surface area contributed by atoms with Crippen molar-refractivity contribution in [2.75, 3.05) is 20.3 Å². The zero-order valence-corrected chi connectivity index (χ0v) is 16.2. The van der Waals surface area contributed by atoms with Crippen LogP contribution in [0.5, 0.6) is 0 Å². The van der Waals surface area contributed by atoms with E-state index >= 15 is 0 Å². The standard InChI is InChI=1S/C19H30N6O/c1-5-16-9-6-7-10-17(16)13-21-19(20-11-8-12-26-4)22-14-18-24-23-15(2)25(18)3/h6-7,9-10H,5,8,11-14H2,1-4H3,(H2,20,21,22). The number of hydrogen-bond acceptors (Lipinski definition) is 4. The van der Waals surface area contributed by atoms with Gasteiger partial charge in [-0.05, 0) is 30.9 Å². The van der Waals surface area contributed by atoms with Crippen LogP contribution in [0.1, 0.15) is 36.1 Å². The van der Waals surface area contributed by atoms with Gasteiger partial charge in [-0.1, -0.05) is 31.2 Å². The van der Waals surface area contributed by atoms with E-state index in [2.05, 4.69) is 52.0 Å². The van der Waals surface area contributed by atoms with Crippen molar-refractivity contribution in [2.45, 2.75) is 39.8 Å². The first kappa shape index (κ1) is 19.9. The van der Waals surface area contributed by atoms with Gasteiger partial charge in [0.2, 0.25) is 0 Å². The highest BCUT2D eigenvalue weighted by Crippen LogP contribution is 2.10. The summed E-state index contributed by atoms with van der Waals surface area (Å²) in [4.78, 5) is 4.75. The number of ether oxygens (including phenoxy) is 1. The molecule has 7 heteroatoms. The maximum Gasteiger partial charge on any atom is 0.191 e. The van der Waals surface area contributed by atoms with Crippen LogP contribution in [0.4, 0.5) is 0 Å². The number of rotatable bonds is 9. The molecule has 0 fully saturated rings. The fourth-order valence-corrected chi connectivity index (χ4v) is 2.59. The molecular weight excluding hydrogens is 328 g/mol. The molecule has 0 aliphatic heterocycles. The van der Waals surface area contributed by atoms with Gasteiger partial charge in [-0.25, -0.2) is 4.99 Å². The number of guanidine groups is 1. The van der Waals surface area contributed by atoms with Crippen molar-refractivity contribution >= 4 is 5.96 Å². The molecule has 0 atom stereocenters. The highest BCUT2D eigenvalue weighted by Gasteiger charge is 2.07. The highest BCUT2D eigenvalue weighted by molar-refractivity contribution is 5.79. The molecule has 0 saturated heterocycles. The van der Waals surface area contributed by atoms with Crippen molar-refractivity contribution in [1.29, 1.82) is 0 Å². The Bertz CT molecular complexity index is 710. The average molecular weight is 358 g/mol. The number of nitrogens with one attached hydrogen (secondary N) is 2. The van der Waals surface area contributed by atoms with Gasteiger partial charge in [0.05, 0.1) is 13.1 Å². The largest absolute Gasteiger partial charge is 0.385 e. The van der Waals surface area contributed by atoms with Crippen LogP contribution in [0.3, 0.4) is 0 Å². The molecular formula is C19H30N6O. The molecule has 0 aliphatic carbocycles. The second-order valence-electron chi connectivity index (χ2n) is 6.14. The fourth-order valence-electron chi connectivity index (χ4n) is 2.59. The molecule has 2 rings (SSSR count). The number of nitrogens with zero attached hydrogens (tertiary/aromatic N) is 4. The highest BCUT2D eigenvalue weighted by atomic mass is 16.5. The summed E-state index contributed by atoms with van der Waals surface area (Å²) < 4.78 is 7.08. The van der Waals surface area contributed by atoms with Crippen molar-refractivity contribution in [3.8, 4) is 0 Å². The van der Waals surface area contributed by atoms with E-state index in [-0.39, 0.29) is 0 Å². The van der Waals surface area contributed by atoms with Crippen LogP contribution in [0.2, 0.25) is 0 Å². The lowest BCUT2D eigenvalue weighted by atomic mass is 10.1. The number of aryl methyl sites for hydroxylation is 2. The van der Waals surface area contributed by atoms with Crippen molar-refractivity contribution in [3.05, 3.63) is 47.0 Å². The van der Waals surface area contributed by atoms with Gasteiger partial charge in [0.1, 0.15) is 5.82 Å². The van der Waals surface area contributed by atoms with Crippen LogP contribution >= 0.6 is 0 Å². The molecule has 0 aliphatic rings. The lowest BCUT2D eigenvalue weighted by molar-refractivity contribution is 0.195. The van der Waals surface area contributed by atoms with Gasteiger partial charge in [0.15, 0.2) is 11.8 Å². The number of benzene rings is 1. The minimum absolute atomic E-state index is 0.572. The lowest BCUT2D eigenvalue weighted by Crippen LogP contribution is -2.38. The van der Waals surface area contributed by atoms with Gasteiger partial charge in [-0.15, -0.1) is 10.2 Å². The van der Waals surface area contributed by atoms with Crippen LogP contribution < -0.4 is 10.6 Å². The second-order valence-corrected chi connectivity index (χ2v) is 6.14. The van der Waals surface area contributed by atoms with Crippen molar-refractivity contribution in [1.82, 2.24) is 25.4 Å². The zero-order valence-electron chi connectivity index (χ0n) is 16.2. The predicted molar refractivity (Wildman–Crippen MR) is 104 cm³/mol. The fraction of sp³-hybridized carbons (Fsp3) is 0.526. The third-order valence-corrected chi connectivity index (χ3v) is 4.32. The maximum atomic E-state index is 5.11. The summed E-state index contributed by atoms with van der Waals surface area (Å²) in [7, 11) is 3.68. The summed E-state index contributed by atoms with van der Waals surface area (Å²) in [5.41, 5.74) is 2.58. The van der Waals surface area contributed by atoms with E-state index < -0.39 is 0 Å². The number of hydrogen-bond donors (Lipinski definition) is 2. The van der Waals surface area contributed by atoms with Crippen LogP contribution in [-0.2, 0) is 31.3 Å². The number of aliphatic imine (C=N–C) groups is 1. The molecule has 26 heavy (non-hydrogen) atoms. The smallest absolute Gasteiger partial charge is 0.191 e. The Kier molecular flexibility index (Phi) is 8.08. The SMILES string of the molecule is CCc1ccccc1CN=C(NCCCOC)NCc1nnc(C)n1C. The zero-order chi connectivity index (χ0) is 18.8. The van der Waals surface area contributed by atoms with Gasteiger partial charge in [-0.3, -0.25) is 0 Å². The van der Waals surface area contributed by atoms with Crippen LogP contribution in [0.25, 0.3) is 0 Å². The van der Waals surface area contributed by atoms with Crippen molar-refractivity contribution in [3.63, 3.8) is 0 Å². The first-order chi connectivity index (χ1) is 12.7. The number of methoxy groups -OCH3 is 1. The Hall–Kier alpha value is -2.41. The van der Waals surface area contributed by atoms with Gasteiger partial charge in [-0.2, -0.15) is 0 Å². The third-order valence-electron chi connectivity index (χ3n) is 4.32. The summed E-state index contributed by atoms with van der Waals surface area (Å²) in [6.45, 7) is 6.84. The summed E-state index contributed by atoms with van der Waals surface area (Å²) in [6.07, 6.45) is 1.93. The number of aromatic nitrogens is 3. The Morgan fingerprint density at radius 3 is 2.62 bits per heavy atom. The molecule has 1 aromatic heterocycles. The lowest BCUT2D eigenvalue weighted by Gasteiger charge is -2.13. The quantitative estimate of drug-likeness (QED) is 0.407.